The predicted octanol–water partition coefficient (Wildman–Crippen LogP) is 3.09. The summed E-state index contributed by atoms with van der Waals surface area (Å²) in [5.74, 6) is 0.502. The molecule has 24 heavy (non-hydrogen) atoms. The number of nitrogens with one attached hydrogen (secondary N) is 1. The molecule has 1 aromatic carbocycles. The van der Waals surface area contributed by atoms with Crippen LogP contribution in [0, 0.1) is 6.92 Å². The number of hydrogen-bond donors (Lipinski definition) is 2. The van der Waals surface area contributed by atoms with Gasteiger partial charge in [-0.15, -0.1) is 11.3 Å². The molecule has 0 aliphatic carbocycles. The minimum Gasteiger partial charge on any atom is -0.394 e. The maximum absolute atomic E-state index is 12.3. The molecule has 0 radical (unpaired) electrons. The standard InChI is InChI=1S/C18H19N3O2S/c1-13-4-2-5-14(10-13)11-18(23)19-17-12-15(16-6-3-9-24-16)20-21(17)7-8-22/h2-6,9-10,12,22H,7-8,11H2,1H3,(H,19,23). The fraction of sp³-hybridized carbons (Fsp3) is 0.222. The van der Waals surface area contributed by atoms with E-state index in [1.807, 2.05) is 54.8 Å². The SMILES string of the molecule is Cc1cccc(CC(=O)Nc2cc(-c3cccs3)nn2CCO)c1. The van der Waals surface area contributed by atoms with Gasteiger partial charge in [0.2, 0.25) is 5.91 Å². The smallest absolute Gasteiger partial charge is 0.229 e. The maximum Gasteiger partial charge on any atom is 0.229 e. The number of carbonyl (C=O) groups is 1. The Hall–Kier alpha value is -2.44. The van der Waals surface area contributed by atoms with Gasteiger partial charge >= 0.3 is 0 Å². The van der Waals surface area contributed by atoms with Gasteiger partial charge in [-0.05, 0) is 23.9 Å². The Morgan fingerprint density at radius 3 is 2.88 bits per heavy atom. The molecule has 0 aliphatic rings. The van der Waals surface area contributed by atoms with E-state index in [4.69, 9.17) is 0 Å². The summed E-state index contributed by atoms with van der Waals surface area (Å²) in [6.07, 6.45) is 0.306. The zero-order valence-electron chi connectivity index (χ0n) is 13.4. The number of carbonyl (C=O) groups excluding carboxylic acids is 1. The van der Waals surface area contributed by atoms with Crippen LogP contribution in [0.1, 0.15) is 11.1 Å². The molecule has 0 saturated carbocycles. The van der Waals surface area contributed by atoms with Crippen molar-refractivity contribution in [3.8, 4) is 10.6 Å². The van der Waals surface area contributed by atoms with Crippen molar-refractivity contribution in [3.63, 3.8) is 0 Å². The van der Waals surface area contributed by atoms with Crippen molar-refractivity contribution in [3.05, 3.63) is 59.0 Å². The van der Waals surface area contributed by atoms with Crippen LogP contribution in [0.25, 0.3) is 10.6 Å². The first kappa shape index (κ1) is 16.4. The Morgan fingerprint density at radius 1 is 1.29 bits per heavy atom. The van der Waals surface area contributed by atoms with Gasteiger partial charge in [0.25, 0.3) is 0 Å². The Kier molecular flexibility index (Phi) is 5.08. The molecule has 0 saturated heterocycles. The number of amides is 1. The molecule has 0 aliphatic heterocycles. The average Bonchev–Trinajstić information content (AvgIpc) is 3.18. The first-order chi connectivity index (χ1) is 11.7. The number of aromatic nitrogens is 2. The van der Waals surface area contributed by atoms with Crippen LogP contribution in [0.5, 0.6) is 0 Å². The number of nitrogens with zero attached hydrogens (tertiary/aromatic N) is 2. The molecule has 6 heteroatoms. The number of rotatable bonds is 6. The summed E-state index contributed by atoms with van der Waals surface area (Å²) in [6, 6.07) is 13.7. The number of aliphatic hydroxyl groups is 1. The van der Waals surface area contributed by atoms with Crippen LogP contribution in [-0.2, 0) is 17.8 Å². The van der Waals surface area contributed by atoms with Crippen molar-refractivity contribution in [1.29, 1.82) is 0 Å². The lowest BCUT2D eigenvalue weighted by Gasteiger charge is -2.08. The minimum atomic E-state index is -0.0996. The van der Waals surface area contributed by atoms with Gasteiger partial charge in [-0.3, -0.25) is 4.79 Å². The quantitative estimate of drug-likeness (QED) is 0.724. The molecule has 2 heterocycles. The highest BCUT2D eigenvalue weighted by Crippen LogP contribution is 2.26. The number of anilines is 1. The third-order valence-electron chi connectivity index (χ3n) is 3.58. The van der Waals surface area contributed by atoms with Gasteiger partial charge in [0, 0.05) is 6.07 Å². The predicted molar refractivity (Wildman–Crippen MR) is 96.1 cm³/mol. The van der Waals surface area contributed by atoms with Crippen LogP contribution >= 0.6 is 11.3 Å². The average molecular weight is 341 g/mol. The van der Waals surface area contributed by atoms with Crippen molar-refractivity contribution >= 4 is 23.1 Å². The largest absolute Gasteiger partial charge is 0.394 e. The molecule has 3 aromatic rings. The Balaban J connectivity index is 1.76. The number of aliphatic hydroxyl groups excluding tert-OH is 1. The molecule has 2 N–H and O–H groups in total. The second-order valence-corrected chi connectivity index (χ2v) is 6.50. The highest BCUT2D eigenvalue weighted by atomic mass is 32.1. The molecule has 124 valence electrons. The van der Waals surface area contributed by atoms with Crippen LogP contribution in [0.2, 0.25) is 0 Å². The van der Waals surface area contributed by atoms with E-state index in [-0.39, 0.29) is 12.5 Å². The summed E-state index contributed by atoms with van der Waals surface area (Å²) < 4.78 is 1.63. The lowest BCUT2D eigenvalue weighted by Crippen LogP contribution is -2.18. The molecule has 0 bridgehead atoms. The lowest BCUT2D eigenvalue weighted by molar-refractivity contribution is -0.115. The van der Waals surface area contributed by atoms with E-state index in [0.29, 0.717) is 18.8 Å². The Bertz CT molecular complexity index is 825. The monoisotopic (exact) mass is 341 g/mol. The number of aryl methyl sites for hydroxylation is 1. The zero-order valence-corrected chi connectivity index (χ0v) is 14.2. The molecule has 0 unspecified atom stereocenters. The molecule has 1 amide bonds. The molecular weight excluding hydrogens is 322 g/mol. The van der Waals surface area contributed by atoms with Gasteiger partial charge in [0.1, 0.15) is 11.5 Å². The van der Waals surface area contributed by atoms with Crippen molar-refractivity contribution in [2.45, 2.75) is 19.9 Å². The summed E-state index contributed by atoms with van der Waals surface area (Å²) in [5, 5.41) is 18.6. The number of benzene rings is 1. The van der Waals surface area contributed by atoms with Gasteiger partial charge in [-0.1, -0.05) is 35.9 Å². The molecule has 0 atom stereocenters. The van der Waals surface area contributed by atoms with E-state index in [1.54, 1.807) is 16.0 Å². The van der Waals surface area contributed by atoms with Crippen molar-refractivity contribution < 1.29 is 9.90 Å². The van der Waals surface area contributed by atoms with E-state index >= 15 is 0 Å². The number of hydrogen-bond acceptors (Lipinski definition) is 4. The first-order valence-electron chi connectivity index (χ1n) is 7.73. The summed E-state index contributed by atoms with van der Waals surface area (Å²) in [7, 11) is 0. The summed E-state index contributed by atoms with van der Waals surface area (Å²) in [5.41, 5.74) is 2.90. The third-order valence-corrected chi connectivity index (χ3v) is 4.47. The van der Waals surface area contributed by atoms with Crippen LogP contribution in [-0.4, -0.2) is 27.4 Å². The molecule has 3 rings (SSSR count). The van der Waals surface area contributed by atoms with Crippen LogP contribution < -0.4 is 5.32 Å². The van der Waals surface area contributed by atoms with Crippen molar-refractivity contribution in [2.24, 2.45) is 0 Å². The zero-order chi connectivity index (χ0) is 16.9. The summed E-state index contributed by atoms with van der Waals surface area (Å²) in [4.78, 5) is 13.4. The van der Waals surface area contributed by atoms with Crippen molar-refractivity contribution in [1.82, 2.24) is 9.78 Å². The van der Waals surface area contributed by atoms with E-state index in [2.05, 4.69) is 10.4 Å². The van der Waals surface area contributed by atoms with Crippen LogP contribution in [0.15, 0.2) is 47.8 Å². The van der Waals surface area contributed by atoms with Crippen LogP contribution in [0.4, 0.5) is 5.82 Å². The van der Waals surface area contributed by atoms with E-state index in [9.17, 15) is 9.90 Å². The Morgan fingerprint density at radius 2 is 2.17 bits per heavy atom. The molecular formula is C18H19N3O2S. The van der Waals surface area contributed by atoms with E-state index in [1.165, 1.54) is 0 Å². The summed E-state index contributed by atoms with van der Waals surface area (Å²) in [6.45, 7) is 2.31. The van der Waals surface area contributed by atoms with E-state index < -0.39 is 0 Å². The second kappa shape index (κ2) is 7.42. The fourth-order valence-corrected chi connectivity index (χ4v) is 3.20. The minimum absolute atomic E-state index is 0.0354. The fourth-order valence-electron chi connectivity index (χ4n) is 2.52. The molecule has 2 aromatic heterocycles. The normalized spacial score (nSPS) is 10.8. The molecule has 5 nitrogen and oxygen atoms in total. The van der Waals surface area contributed by atoms with Gasteiger partial charge in [0.05, 0.1) is 24.4 Å². The second-order valence-electron chi connectivity index (χ2n) is 5.55. The third kappa shape index (κ3) is 3.90. The Labute approximate surface area is 144 Å². The van der Waals surface area contributed by atoms with Crippen molar-refractivity contribution in [2.75, 3.05) is 11.9 Å². The first-order valence-corrected chi connectivity index (χ1v) is 8.61. The topological polar surface area (TPSA) is 67.2 Å². The molecule has 0 spiro atoms. The molecule has 0 fully saturated rings. The summed E-state index contributed by atoms with van der Waals surface area (Å²) >= 11 is 1.59. The number of thiophene rings is 1. The van der Waals surface area contributed by atoms with Gasteiger partial charge in [-0.25, -0.2) is 4.68 Å². The van der Waals surface area contributed by atoms with Gasteiger partial charge in [-0.2, -0.15) is 5.10 Å². The van der Waals surface area contributed by atoms with Crippen LogP contribution in [0.3, 0.4) is 0 Å². The van der Waals surface area contributed by atoms with E-state index in [0.717, 1.165) is 21.7 Å². The van der Waals surface area contributed by atoms with Gasteiger partial charge in [0.15, 0.2) is 0 Å². The highest BCUT2D eigenvalue weighted by Gasteiger charge is 2.13. The highest BCUT2D eigenvalue weighted by molar-refractivity contribution is 7.13. The lowest BCUT2D eigenvalue weighted by atomic mass is 10.1. The van der Waals surface area contributed by atoms with Gasteiger partial charge < -0.3 is 10.4 Å². The maximum atomic E-state index is 12.3.